The normalized spacial score (nSPS) is 17.9. The number of hydrogen-bond donors (Lipinski definition) is 2. The van der Waals surface area contributed by atoms with E-state index in [4.69, 9.17) is 9.53 Å². The van der Waals surface area contributed by atoms with E-state index >= 15 is 0 Å². The zero-order chi connectivity index (χ0) is 17.1. The SMILES string of the molecule is C[Si](C)(C)Oc1ccc([C@@H](N2CCNCC2)C(F)(F)CO)cc1.Cl. The second-order valence-electron chi connectivity index (χ2n) is 6.89. The Labute approximate surface area is 149 Å². The van der Waals surface area contributed by atoms with E-state index in [1.54, 1.807) is 29.2 Å². The van der Waals surface area contributed by atoms with Crippen LogP contribution in [0.25, 0.3) is 0 Å². The van der Waals surface area contributed by atoms with Gasteiger partial charge in [0, 0.05) is 26.2 Å². The van der Waals surface area contributed by atoms with Crippen LogP contribution in [0, 0.1) is 0 Å². The highest BCUT2D eigenvalue weighted by molar-refractivity contribution is 6.70. The van der Waals surface area contributed by atoms with Gasteiger partial charge in [-0.15, -0.1) is 12.4 Å². The fraction of sp³-hybridized carbons (Fsp3) is 0.625. The summed E-state index contributed by atoms with van der Waals surface area (Å²) >= 11 is 0. The summed E-state index contributed by atoms with van der Waals surface area (Å²) in [5.41, 5.74) is 0.508. The van der Waals surface area contributed by atoms with Crippen LogP contribution in [0.4, 0.5) is 8.78 Å². The Bertz CT molecular complexity index is 506. The van der Waals surface area contributed by atoms with Crippen LogP contribution in [-0.4, -0.2) is 57.0 Å². The van der Waals surface area contributed by atoms with Crippen molar-refractivity contribution in [2.24, 2.45) is 0 Å². The van der Waals surface area contributed by atoms with Crippen molar-refractivity contribution in [3.05, 3.63) is 29.8 Å². The van der Waals surface area contributed by atoms with Gasteiger partial charge in [0.05, 0.1) is 0 Å². The Morgan fingerprint density at radius 1 is 1.21 bits per heavy atom. The van der Waals surface area contributed by atoms with Crippen LogP contribution in [0.2, 0.25) is 19.6 Å². The van der Waals surface area contributed by atoms with Crippen molar-refractivity contribution >= 4 is 20.7 Å². The lowest BCUT2D eigenvalue weighted by atomic mass is 9.98. The fourth-order valence-electron chi connectivity index (χ4n) is 2.82. The average Bonchev–Trinajstić information content (AvgIpc) is 2.49. The topological polar surface area (TPSA) is 44.7 Å². The molecule has 0 spiro atoms. The number of rotatable bonds is 6. The highest BCUT2D eigenvalue weighted by Crippen LogP contribution is 2.37. The van der Waals surface area contributed by atoms with Gasteiger partial charge in [-0.2, -0.15) is 0 Å². The van der Waals surface area contributed by atoms with E-state index < -0.39 is 26.9 Å². The second kappa shape index (κ2) is 8.58. The minimum Gasteiger partial charge on any atom is -0.544 e. The van der Waals surface area contributed by atoms with Crippen LogP contribution in [0.5, 0.6) is 5.75 Å². The molecule has 2 N–H and O–H groups in total. The third kappa shape index (κ3) is 5.67. The molecule has 1 fully saturated rings. The summed E-state index contributed by atoms with van der Waals surface area (Å²) in [4.78, 5) is 1.74. The van der Waals surface area contributed by atoms with Gasteiger partial charge in [0.15, 0.2) is 0 Å². The molecule has 1 atom stereocenters. The van der Waals surface area contributed by atoms with Crippen LogP contribution in [-0.2, 0) is 0 Å². The zero-order valence-corrected chi connectivity index (χ0v) is 16.2. The molecule has 138 valence electrons. The van der Waals surface area contributed by atoms with Crippen molar-refractivity contribution < 1.29 is 18.3 Å². The molecule has 1 saturated heterocycles. The summed E-state index contributed by atoms with van der Waals surface area (Å²) in [6, 6.07) is 5.75. The summed E-state index contributed by atoms with van der Waals surface area (Å²) < 4.78 is 34.5. The molecule has 0 saturated carbocycles. The number of alkyl halides is 2. The summed E-state index contributed by atoms with van der Waals surface area (Å²) in [5, 5.41) is 12.3. The van der Waals surface area contributed by atoms with Crippen LogP contribution in [0.3, 0.4) is 0 Å². The van der Waals surface area contributed by atoms with E-state index in [1.165, 1.54) is 0 Å². The first-order valence-corrected chi connectivity index (χ1v) is 11.4. The Morgan fingerprint density at radius 2 is 1.75 bits per heavy atom. The molecule has 0 amide bonds. The van der Waals surface area contributed by atoms with Gasteiger partial charge in [-0.1, -0.05) is 12.1 Å². The van der Waals surface area contributed by atoms with E-state index in [0.717, 1.165) is 0 Å². The van der Waals surface area contributed by atoms with E-state index in [2.05, 4.69) is 25.0 Å². The van der Waals surface area contributed by atoms with Gasteiger partial charge in [-0.05, 0) is 37.3 Å². The molecular formula is C16H27ClF2N2O2Si. The molecule has 1 heterocycles. The molecule has 1 aliphatic heterocycles. The van der Waals surface area contributed by atoms with Crippen LogP contribution in [0.1, 0.15) is 11.6 Å². The number of aliphatic hydroxyl groups is 1. The predicted molar refractivity (Wildman–Crippen MR) is 96.9 cm³/mol. The molecule has 4 nitrogen and oxygen atoms in total. The summed E-state index contributed by atoms with van der Waals surface area (Å²) in [6.45, 7) is 7.48. The maximum absolute atomic E-state index is 14.3. The zero-order valence-electron chi connectivity index (χ0n) is 14.4. The van der Waals surface area contributed by atoms with Crippen molar-refractivity contribution in [2.45, 2.75) is 31.6 Å². The Kier molecular flexibility index (Phi) is 7.62. The van der Waals surface area contributed by atoms with Crippen molar-refractivity contribution in [3.63, 3.8) is 0 Å². The lowest BCUT2D eigenvalue weighted by Gasteiger charge is -2.38. The third-order valence-corrected chi connectivity index (χ3v) is 4.60. The van der Waals surface area contributed by atoms with E-state index in [1.807, 2.05) is 0 Å². The first kappa shape index (κ1) is 21.3. The number of benzene rings is 1. The molecule has 0 unspecified atom stereocenters. The molecular weight excluding hydrogens is 354 g/mol. The first-order chi connectivity index (χ1) is 10.7. The first-order valence-electron chi connectivity index (χ1n) is 7.95. The monoisotopic (exact) mass is 380 g/mol. The van der Waals surface area contributed by atoms with Gasteiger partial charge < -0.3 is 14.8 Å². The smallest absolute Gasteiger partial charge is 0.289 e. The maximum Gasteiger partial charge on any atom is 0.289 e. The van der Waals surface area contributed by atoms with Gasteiger partial charge in [0.25, 0.3) is 5.92 Å². The van der Waals surface area contributed by atoms with Gasteiger partial charge in [0.1, 0.15) is 18.4 Å². The highest BCUT2D eigenvalue weighted by Gasteiger charge is 2.44. The summed E-state index contributed by atoms with van der Waals surface area (Å²) in [5.74, 6) is -2.47. The van der Waals surface area contributed by atoms with Crippen molar-refractivity contribution in [3.8, 4) is 5.75 Å². The number of hydrogen-bond acceptors (Lipinski definition) is 4. The van der Waals surface area contributed by atoms with E-state index in [0.29, 0.717) is 37.5 Å². The molecule has 8 heteroatoms. The fourth-order valence-corrected chi connectivity index (χ4v) is 3.66. The van der Waals surface area contributed by atoms with Crippen LogP contribution >= 0.6 is 12.4 Å². The molecule has 0 aliphatic carbocycles. The minimum atomic E-state index is -3.18. The van der Waals surface area contributed by atoms with Crippen molar-refractivity contribution in [2.75, 3.05) is 32.8 Å². The second-order valence-corrected chi connectivity index (χ2v) is 11.3. The lowest BCUT2D eigenvalue weighted by molar-refractivity contribution is -0.118. The predicted octanol–water partition coefficient (Wildman–Crippen LogP) is 2.90. The van der Waals surface area contributed by atoms with Crippen LogP contribution < -0.4 is 9.74 Å². The number of halogens is 3. The molecule has 1 aliphatic rings. The van der Waals surface area contributed by atoms with Crippen molar-refractivity contribution in [1.29, 1.82) is 0 Å². The summed E-state index contributed by atoms with van der Waals surface area (Å²) in [7, 11) is -1.73. The maximum atomic E-state index is 14.3. The molecule has 0 bridgehead atoms. The molecule has 24 heavy (non-hydrogen) atoms. The van der Waals surface area contributed by atoms with Gasteiger partial charge in [0.2, 0.25) is 8.32 Å². The number of nitrogens with one attached hydrogen (secondary N) is 1. The largest absolute Gasteiger partial charge is 0.544 e. The highest BCUT2D eigenvalue weighted by atomic mass is 35.5. The minimum absolute atomic E-state index is 0. The lowest BCUT2D eigenvalue weighted by Crippen LogP contribution is -2.51. The van der Waals surface area contributed by atoms with Gasteiger partial charge >= 0.3 is 0 Å². The van der Waals surface area contributed by atoms with Crippen molar-refractivity contribution in [1.82, 2.24) is 10.2 Å². The molecule has 1 aromatic rings. The third-order valence-electron chi connectivity index (χ3n) is 3.75. The summed E-state index contributed by atoms with van der Waals surface area (Å²) in [6.07, 6.45) is 0. The number of aliphatic hydroxyl groups excluding tert-OH is 1. The Hall–Kier alpha value is -0.733. The average molecular weight is 381 g/mol. The van der Waals surface area contributed by atoms with E-state index in [9.17, 15) is 8.78 Å². The standard InChI is InChI=1S/C16H26F2N2O2Si.ClH/c1-23(2,3)22-14-6-4-13(5-7-14)15(16(17,18)12-21)20-10-8-19-9-11-20;/h4-7,15,19,21H,8-12H2,1-3H3;1H/t15-;/m1./s1. The Morgan fingerprint density at radius 3 is 2.21 bits per heavy atom. The van der Waals surface area contributed by atoms with E-state index in [-0.39, 0.29) is 12.4 Å². The molecule has 0 radical (unpaired) electrons. The Balaban J connectivity index is 0.00000288. The molecule has 1 aromatic carbocycles. The molecule has 0 aromatic heterocycles. The van der Waals surface area contributed by atoms with Crippen LogP contribution in [0.15, 0.2) is 24.3 Å². The quantitative estimate of drug-likeness (QED) is 0.745. The number of nitrogens with zero attached hydrogens (tertiary/aromatic N) is 1. The van der Waals surface area contributed by atoms with Gasteiger partial charge in [-0.25, -0.2) is 8.78 Å². The number of piperazine rings is 1. The van der Waals surface area contributed by atoms with Gasteiger partial charge in [-0.3, -0.25) is 4.90 Å². The molecule has 2 rings (SSSR count).